The predicted octanol–water partition coefficient (Wildman–Crippen LogP) is 1.66. The fourth-order valence-electron chi connectivity index (χ4n) is 2.02. The first-order valence-electron chi connectivity index (χ1n) is 7.11. The first kappa shape index (κ1) is 17.1. The van der Waals surface area contributed by atoms with Crippen LogP contribution in [0.2, 0.25) is 0 Å². The van der Waals surface area contributed by atoms with Crippen LogP contribution in [0.4, 0.5) is 5.69 Å². The van der Waals surface area contributed by atoms with E-state index in [0.29, 0.717) is 6.42 Å². The Kier molecular flexibility index (Phi) is 5.25. The van der Waals surface area contributed by atoms with Gasteiger partial charge >= 0.3 is 5.97 Å². The predicted molar refractivity (Wildman–Crippen MR) is 80.5 cm³/mol. The average molecular weight is 334 g/mol. The van der Waals surface area contributed by atoms with Crippen molar-refractivity contribution in [2.45, 2.75) is 26.2 Å². The van der Waals surface area contributed by atoms with E-state index in [1.165, 1.54) is 18.2 Å². The third-order valence-corrected chi connectivity index (χ3v) is 3.11. The summed E-state index contributed by atoms with van der Waals surface area (Å²) in [6.45, 7) is 1.80. The Bertz CT molecular complexity index is 739. The second-order valence-corrected chi connectivity index (χ2v) is 4.99. The number of carbonyl (C=O) groups is 3. The minimum Gasteiger partial charge on any atom is -0.292 e. The molecule has 1 aliphatic rings. The van der Waals surface area contributed by atoms with Gasteiger partial charge in [0.25, 0.3) is 11.6 Å². The number of rotatable bonds is 6. The third-order valence-electron chi connectivity index (χ3n) is 3.11. The first-order valence-corrected chi connectivity index (χ1v) is 7.11. The number of benzene rings is 1. The molecule has 9 heteroatoms. The lowest BCUT2D eigenvalue weighted by molar-refractivity contribution is -0.385. The monoisotopic (exact) mass is 334 g/mol. The van der Waals surface area contributed by atoms with Crippen molar-refractivity contribution in [2.75, 3.05) is 0 Å². The Morgan fingerprint density at radius 1 is 1.42 bits per heavy atom. The highest BCUT2D eigenvalue weighted by Crippen LogP contribution is 2.28. The molecule has 0 spiro atoms. The number of nitro groups is 1. The van der Waals surface area contributed by atoms with Gasteiger partial charge in [0.2, 0.25) is 5.91 Å². The molecule has 0 unspecified atom stereocenters. The maximum atomic E-state index is 11.6. The SMILES string of the molecule is CCCC(=O)OOc1ccc([N+](=O)[O-])c(C=C2CC(=O)NC2=O)c1. The van der Waals surface area contributed by atoms with Gasteiger partial charge in [0.15, 0.2) is 5.75 Å². The van der Waals surface area contributed by atoms with E-state index in [2.05, 4.69) is 10.2 Å². The van der Waals surface area contributed by atoms with Crippen LogP contribution in [-0.2, 0) is 19.3 Å². The maximum absolute atomic E-state index is 11.6. The van der Waals surface area contributed by atoms with Crippen LogP contribution in [0.15, 0.2) is 23.8 Å². The minimum atomic E-state index is -0.631. The molecule has 0 aromatic heterocycles. The van der Waals surface area contributed by atoms with Gasteiger partial charge in [-0.15, -0.1) is 0 Å². The van der Waals surface area contributed by atoms with Gasteiger partial charge in [-0.1, -0.05) is 6.92 Å². The van der Waals surface area contributed by atoms with Crippen molar-refractivity contribution in [3.05, 3.63) is 39.4 Å². The summed E-state index contributed by atoms with van der Waals surface area (Å²) in [7, 11) is 0. The van der Waals surface area contributed by atoms with Gasteiger partial charge in [0.05, 0.1) is 16.9 Å². The highest BCUT2D eigenvalue weighted by atomic mass is 17.2. The molecule has 2 rings (SSSR count). The Labute approximate surface area is 136 Å². The van der Waals surface area contributed by atoms with Gasteiger partial charge in [-0.25, -0.2) is 4.79 Å². The van der Waals surface area contributed by atoms with Crippen LogP contribution in [0.3, 0.4) is 0 Å². The van der Waals surface area contributed by atoms with E-state index in [-0.39, 0.29) is 35.4 Å². The van der Waals surface area contributed by atoms with Crippen molar-refractivity contribution < 1.29 is 29.1 Å². The van der Waals surface area contributed by atoms with Crippen LogP contribution < -0.4 is 10.2 Å². The normalized spacial score (nSPS) is 15.3. The molecule has 24 heavy (non-hydrogen) atoms. The van der Waals surface area contributed by atoms with Gasteiger partial charge in [0.1, 0.15) is 0 Å². The maximum Gasteiger partial charge on any atom is 0.355 e. The van der Waals surface area contributed by atoms with E-state index in [4.69, 9.17) is 4.89 Å². The molecule has 1 N–H and O–H groups in total. The van der Waals surface area contributed by atoms with E-state index in [1.807, 2.05) is 0 Å². The van der Waals surface area contributed by atoms with Crippen molar-refractivity contribution in [2.24, 2.45) is 0 Å². The van der Waals surface area contributed by atoms with Crippen LogP contribution in [-0.4, -0.2) is 22.7 Å². The quantitative estimate of drug-likeness (QED) is 0.276. The summed E-state index contributed by atoms with van der Waals surface area (Å²) in [5.74, 6) is -1.59. The van der Waals surface area contributed by atoms with Crippen LogP contribution in [0.5, 0.6) is 5.75 Å². The number of amides is 2. The minimum absolute atomic E-state index is 0.0571. The number of hydrogen-bond acceptors (Lipinski definition) is 7. The molecule has 0 aliphatic carbocycles. The largest absolute Gasteiger partial charge is 0.355 e. The number of carbonyl (C=O) groups excluding carboxylic acids is 3. The summed E-state index contributed by atoms with van der Waals surface area (Å²) < 4.78 is 0. The summed E-state index contributed by atoms with van der Waals surface area (Å²) >= 11 is 0. The highest BCUT2D eigenvalue weighted by Gasteiger charge is 2.25. The van der Waals surface area contributed by atoms with E-state index >= 15 is 0 Å². The summed E-state index contributed by atoms with van der Waals surface area (Å²) in [5, 5.41) is 13.2. The van der Waals surface area contributed by atoms with Crippen LogP contribution in [0.25, 0.3) is 6.08 Å². The zero-order valence-electron chi connectivity index (χ0n) is 12.7. The Morgan fingerprint density at radius 3 is 2.75 bits per heavy atom. The van der Waals surface area contributed by atoms with E-state index in [1.54, 1.807) is 6.92 Å². The lowest BCUT2D eigenvalue weighted by Gasteiger charge is -2.05. The Balaban J connectivity index is 2.27. The molecule has 1 aliphatic heterocycles. The molecule has 0 bridgehead atoms. The van der Waals surface area contributed by atoms with Crippen molar-refractivity contribution in [1.82, 2.24) is 5.32 Å². The number of nitrogens with one attached hydrogen (secondary N) is 1. The molecule has 1 aromatic rings. The van der Waals surface area contributed by atoms with Crippen molar-refractivity contribution in [3.8, 4) is 5.75 Å². The van der Waals surface area contributed by atoms with Gasteiger partial charge in [0, 0.05) is 18.1 Å². The number of hydrogen-bond donors (Lipinski definition) is 1. The third kappa shape index (κ3) is 4.15. The zero-order chi connectivity index (χ0) is 17.7. The van der Waals surface area contributed by atoms with Crippen LogP contribution in [0, 0.1) is 10.1 Å². The fraction of sp³-hybridized carbons (Fsp3) is 0.267. The molecule has 1 fully saturated rings. The van der Waals surface area contributed by atoms with E-state index in [0.717, 1.165) is 6.07 Å². The number of nitrogens with zero attached hydrogens (tertiary/aromatic N) is 1. The van der Waals surface area contributed by atoms with Crippen molar-refractivity contribution >= 4 is 29.5 Å². The zero-order valence-corrected chi connectivity index (χ0v) is 12.7. The van der Waals surface area contributed by atoms with Crippen LogP contribution >= 0.6 is 0 Å². The van der Waals surface area contributed by atoms with E-state index in [9.17, 15) is 24.5 Å². The summed E-state index contributed by atoms with van der Waals surface area (Å²) in [5.41, 5.74) is -0.117. The summed E-state index contributed by atoms with van der Waals surface area (Å²) in [6.07, 6.45) is 1.83. The lowest BCUT2D eigenvalue weighted by Crippen LogP contribution is -2.19. The topological polar surface area (TPSA) is 125 Å². The van der Waals surface area contributed by atoms with Gasteiger partial charge < -0.3 is 0 Å². The second-order valence-electron chi connectivity index (χ2n) is 4.99. The van der Waals surface area contributed by atoms with Crippen LogP contribution in [0.1, 0.15) is 31.7 Å². The Hall–Kier alpha value is -3.23. The smallest absolute Gasteiger partial charge is 0.292 e. The molecular weight excluding hydrogens is 320 g/mol. The molecular formula is C15H14N2O7. The molecule has 9 nitrogen and oxygen atoms in total. The molecule has 2 amide bonds. The molecule has 0 saturated carbocycles. The van der Waals surface area contributed by atoms with E-state index < -0.39 is 22.7 Å². The summed E-state index contributed by atoms with van der Waals surface area (Å²) in [6, 6.07) is 3.67. The van der Waals surface area contributed by atoms with Crippen molar-refractivity contribution in [3.63, 3.8) is 0 Å². The Morgan fingerprint density at radius 2 is 2.17 bits per heavy atom. The molecule has 1 heterocycles. The second kappa shape index (κ2) is 7.36. The highest BCUT2D eigenvalue weighted by molar-refractivity contribution is 6.15. The van der Waals surface area contributed by atoms with Gasteiger partial charge in [-0.05, 0) is 24.6 Å². The number of imide groups is 1. The van der Waals surface area contributed by atoms with Crippen molar-refractivity contribution in [1.29, 1.82) is 0 Å². The standard InChI is InChI=1S/C15H14N2O7/c1-2-3-14(19)24-23-11-4-5-12(17(21)22)9(7-11)6-10-8-13(18)16-15(10)20/h4-7H,2-3,8H2,1H3,(H,16,18,20). The first-order chi connectivity index (χ1) is 11.4. The van der Waals surface area contributed by atoms with Gasteiger partial charge in [-0.3, -0.25) is 34.8 Å². The number of nitro benzene ring substituents is 1. The molecule has 1 aromatic carbocycles. The molecule has 0 atom stereocenters. The van der Waals surface area contributed by atoms with Gasteiger partial charge in [-0.2, -0.15) is 0 Å². The molecule has 1 saturated heterocycles. The molecule has 126 valence electrons. The summed E-state index contributed by atoms with van der Waals surface area (Å²) in [4.78, 5) is 53.9. The molecule has 0 radical (unpaired) electrons. The lowest BCUT2D eigenvalue weighted by atomic mass is 10.1. The average Bonchev–Trinajstić information content (AvgIpc) is 2.83. The fourth-order valence-corrected chi connectivity index (χ4v) is 2.02.